The molecule has 0 saturated carbocycles. The molecule has 0 unspecified atom stereocenters. The maximum atomic E-state index is 11.5. The summed E-state index contributed by atoms with van der Waals surface area (Å²) in [5, 5.41) is 1.77. The van der Waals surface area contributed by atoms with Crippen LogP contribution >= 0.6 is 11.3 Å². The van der Waals surface area contributed by atoms with Crippen LogP contribution in [0.2, 0.25) is 0 Å². The van der Waals surface area contributed by atoms with Gasteiger partial charge in [0.15, 0.2) is 0 Å². The van der Waals surface area contributed by atoms with Crippen LogP contribution in [0.5, 0.6) is 0 Å². The predicted octanol–water partition coefficient (Wildman–Crippen LogP) is 1.72. The first-order valence-corrected chi connectivity index (χ1v) is 7.11. The third kappa shape index (κ3) is 1.65. The molecule has 84 valence electrons. The van der Waals surface area contributed by atoms with Crippen molar-refractivity contribution in [3.63, 3.8) is 0 Å². The summed E-state index contributed by atoms with van der Waals surface area (Å²) in [7, 11) is -1.53. The summed E-state index contributed by atoms with van der Waals surface area (Å²) in [6.07, 6.45) is 0. The number of rotatable bonds is 0. The van der Waals surface area contributed by atoms with Gasteiger partial charge < -0.3 is 0 Å². The molecule has 1 aromatic rings. The maximum Gasteiger partial charge on any atom is 0.241 e. The molecule has 2 heterocycles. The zero-order chi connectivity index (χ0) is 11.4. The minimum Gasteiger partial charge on any atom is -0.262 e. The van der Waals surface area contributed by atoms with Crippen LogP contribution in [-0.2, 0) is 21.2 Å². The Kier molecular flexibility index (Phi) is 2.14. The number of nitrogens with zero attached hydrogens (tertiary/aromatic N) is 2. The minimum atomic E-state index is -3.12. The third-order valence-electron chi connectivity index (χ3n) is 2.34. The second kappa shape index (κ2) is 2.95. The molecular formula is C9H14N2O2S2. The monoisotopic (exact) mass is 246 g/mol. The highest BCUT2D eigenvalue weighted by Crippen LogP contribution is 2.40. The maximum absolute atomic E-state index is 11.5. The Morgan fingerprint density at radius 2 is 2.00 bits per heavy atom. The number of fused-ring (bicyclic) bond motifs is 1. The van der Waals surface area contributed by atoms with Gasteiger partial charge in [0, 0.05) is 12.5 Å². The molecule has 1 aliphatic heterocycles. The summed E-state index contributed by atoms with van der Waals surface area (Å²) < 4.78 is 24.4. The van der Waals surface area contributed by atoms with Gasteiger partial charge >= 0.3 is 0 Å². The van der Waals surface area contributed by atoms with E-state index in [9.17, 15) is 8.42 Å². The highest BCUT2D eigenvalue weighted by molar-refractivity contribution is 7.92. The van der Waals surface area contributed by atoms with E-state index in [4.69, 9.17) is 0 Å². The average molecular weight is 246 g/mol. The Bertz CT molecular complexity index is 497. The molecule has 0 bridgehead atoms. The Balaban J connectivity index is 2.49. The zero-order valence-electron chi connectivity index (χ0n) is 9.23. The molecule has 0 saturated heterocycles. The van der Waals surface area contributed by atoms with Crippen LogP contribution in [-0.4, -0.2) is 20.4 Å². The molecule has 0 atom stereocenters. The molecule has 4 nitrogen and oxygen atoms in total. The Morgan fingerprint density at radius 3 is 2.47 bits per heavy atom. The molecule has 0 aliphatic carbocycles. The Hall–Kier alpha value is -0.620. The first kappa shape index (κ1) is 10.9. The standard InChI is InChI=1S/C9H14N2O2S2/c1-9(2,3)8-10-6-5-15(12,13)11(4)7(6)14-8/h5H2,1-4H3. The lowest BCUT2D eigenvalue weighted by molar-refractivity contribution is 0.581. The highest BCUT2D eigenvalue weighted by atomic mass is 32.2. The van der Waals surface area contributed by atoms with Crippen LogP contribution in [0.25, 0.3) is 0 Å². The highest BCUT2D eigenvalue weighted by Gasteiger charge is 2.35. The fourth-order valence-corrected chi connectivity index (χ4v) is 4.05. The number of anilines is 1. The number of thiazole rings is 1. The van der Waals surface area contributed by atoms with E-state index >= 15 is 0 Å². The van der Waals surface area contributed by atoms with Gasteiger partial charge in [0.25, 0.3) is 0 Å². The first-order chi connectivity index (χ1) is 6.72. The molecule has 0 amide bonds. The minimum absolute atomic E-state index is 0.0143. The van der Waals surface area contributed by atoms with Crippen molar-refractivity contribution >= 4 is 26.4 Å². The third-order valence-corrected chi connectivity index (χ3v) is 5.71. The van der Waals surface area contributed by atoms with Crippen LogP contribution in [0.3, 0.4) is 0 Å². The molecule has 0 radical (unpaired) electrons. The molecular weight excluding hydrogens is 232 g/mol. The van der Waals surface area contributed by atoms with Crippen LogP contribution in [0, 0.1) is 0 Å². The lowest BCUT2D eigenvalue weighted by Crippen LogP contribution is -2.21. The molecule has 6 heteroatoms. The smallest absolute Gasteiger partial charge is 0.241 e. The molecule has 1 aliphatic rings. The van der Waals surface area contributed by atoms with Crippen molar-refractivity contribution in [2.24, 2.45) is 0 Å². The summed E-state index contributed by atoms with van der Waals surface area (Å²) in [5.74, 6) is 0.0470. The zero-order valence-corrected chi connectivity index (χ0v) is 10.9. The van der Waals surface area contributed by atoms with Gasteiger partial charge in [-0.1, -0.05) is 32.1 Å². The molecule has 1 aromatic heterocycles. The Labute approximate surface area is 94.0 Å². The van der Waals surface area contributed by atoms with Crippen molar-refractivity contribution in [2.75, 3.05) is 11.4 Å². The van der Waals surface area contributed by atoms with E-state index in [1.807, 2.05) is 0 Å². The van der Waals surface area contributed by atoms with Gasteiger partial charge in [0.05, 0.1) is 5.69 Å². The van der Waals surface area contributed by atoms with E-state index in [1.54, 1.807) is 7.05 Å². The molecule has 0 N–H and O–H groups in total. The molecule has 0 fully saturated rings. The van der Waals surface area contributed by atoms with Gasteiger partial charge in [-0.25, -0.2) is 13.4 Å². The summed E-state index contributed by atoms with van der Waals surface area (Å²) in [4.78, 5) is 4.41. The van der Waals surface area contributed by atoms with E-state index in [-0.39, 0.29) is 11.2 Å². The number of hydrogen-bond donors (Lipinski definition) is 0. The topological polar surface area (TPSA) is 50.3 Å². The molecule has 2 rings (SSSR count). The number of hydrogen-bond acceptors (Lipinski definition) is 4. The van der Waals surface area contributed by atoms with Gasteiger partial charge in [-0.2, -0.15) is 0 Å². The van der Waals surface area contributed by atoms with E-state index in [0.29, 0.717) is 5.69 Å². The van der Waals surface area contributed by atoms with Crippen LogP contribution in [0.4, 0.5) is 5.00 Å². The first-order valence-electron chi connectivity index (χ1n) is 4.68. The van der Waals surface area contributed by atoms with Crippen molar-refractivity contribution in [3.8, 4) is 0 Å². The normalized spacial score (nSPS) is 19.3. The van der Waals surface area contributed by atoms with Crippen molar-refractivity contribution in [3.05, 3.63) is 10.7 Å². The van der Waals surface area contributed by atoms with E-state index in [0.717, 1.165) is 10.0 Å². The predicted molar refractivity (Wildman–Crippen MR) is 61.8 cm³/mol. The van der Waals surface area contributed by atoms with Crippen molar-refractivity contribution in [2.45, 2.75) is 31.9 Å². The molecule has 0 spiro atoms. The van der Waals surface area contributed by atoms with Gasteiger partial charge in [0.1, 0.15) is 15.8 Å². The van der Waals surface area contributed by atoms with Crippen molar-refractivity contribution < 1.29 is 8.42 Å². The average Bonchev–Trinajstić information content (AvgIpc) is 2.51. The fraction of sp³-hybridized carbons (Fsp3) is 0.667. The number of sulfonamides is 1. The van der Waals surface area contributed by atoms with E-state index in [2.05, 4.69) is 25.8 Å². The van der Waals surface area contributed by atoms with E-state index < -0.39 is 10.0 Å². The lowest BCUT2D eigenvalue weighted by atomic mass is 9.98. The van der Waals surface area contributed by atoms with Gasteiger partial charge in [0.2, 0.25) is 10.0 Å². The van der Waals surface area contributed by atoms with Gasteiger partial charge in [-0.15, -0.1) is 0 Å². The van der Waals surface area contributed by atoms with Gasteiger partial charge in [-0.3, -0.25) is 4.31 Å². The summed E-state index contributed by atoms with van der Waals surface area (Å²) in [6.45, 7) is 6.24. The summed E-state index contributed by atoms with van der Waals surface area (Å²) in [5.41, 5.74) is 0.687. The molecule has 15 heavy (non-hydrogen) atoms. The van der Waals surface area contributed by atoms with Crippen LogP contribution < -0.4 is 4.31 Å². The molecule has 0 aromatic carbocycles. The van der Waals surface area contributed by atoms with E-state index in [1.165, 1.54) is 15.6 Å². The Morgan fingerprint density at radius 1 is 1.40 bits per heavy atom. The SMILES string of the molecule is CN1c2sc(C(C)(C)C)nc2CS1(=O)=O. The quantitative estimate of drug-likeness (QED) is 0.700. The number of aromatic nitrogens is 1. The second-order valence-electron chi connectivity index (χ2n) is 4.74. The van der Waals surface area contributed by atoms with Crippen LogP contribution in [0.1, 0.15) is 31.5 Å². The van der Waals surface area contributed by atoms with Gasteiger partial charge in [-0.05, 0) is 0 Å². The summed E-state index contributed by atoms with van der Waals surface area (Å²) in [6, 6.07) is 0. The van der Waals surface area contributed by atoms with Crippen molar-refractivity contribution in [1.82, 2.24) is 4.98 Å². The lowest BCUT2D eigenvalue weighted by Gasteiger charge is -2.15. The fourth-order valence-electron chi connectivity index (χ4n) is 1.40. The van der Waals surface area contributed by atoms with Crippen LogP contribution in [0.15, 0.2) is 0 Å². The summed E-state index contributed by atoms with van der Waals surface area (Å²) >= 11 is 1.47. The van der Waals surface area contributed by atoms with Crippen molar-refractivity contribution in [1.29, 1.82) is 0 Å². The largest absolute Gasteiger partial charge is 0.262 e. The second-order valence-corrected chi connectivity index (χ2v) is 7.72.